The summed E-state index contributed by atoms with van der Waals surface area (Å²) in [6.07, 6.45) is -4.75. The Morgan fingerprint density at radius 1 is 1.25 bits per heavy atom. The van der Waals surface area contributed by atoms with Crippen LogP contribution in [0.4, 0.5) is 13.2 Å². The summed E-state index contributed by atoms with van der Waals surface area (Å²) in [5.41, 5.74) is -0.102. The van der Waals surface area contributed by atoms with Crippen molar-refractivity contribution in [2.75, 3.05) is 7.05 Å². The van der Waals surface area contributed by atoms with E-state index < -0.39 is 11.9 Å². The zero-order valence-corrected chi connectivity index (χ0v) is 14.8. The number of aromatic nitrogens is 5. The van der Waals surface area contributed by atoms with Gasteiger partial charge in [0.1, 0.15) is 5.69 Å². The number of benzene rings is 1. The summed E-state index contributed by atoms with van der Waals surface area (Å²) in [5, 5.41) is 19.1. The van der Waals surface area contributed by atoms with Crippen LogP contribution in [0.15, 0.2) is 30.3 Å². The first kappa shape index (κ1) is 19.1. The van der Waals surface area contributed by atoms with Gasteiger partial charge in [-0.05, 0) is 30.3 Å². The number of alkyl halides is 3. The summed E-state index contributed by atoms with van der Waals surface area (Å²) in [7, 11) is 2.82. The van der Waals surface area contributed by atoms with Crippen molar-refractivity contribution in [1.82, 2.24) is 29.9 Å². The number of hydrogen-bond acceptors (Lipinski definition) is 5. The number of nitrogens with zero attached hydrogens (tertiary/aromatic N) is 6. The summed E-state index contributed by atoms with van der Waals surface area (Å²) in [6, 6.07) is 9.11. The van der Waals surface area contributed by atoms with E-state index >= 15 is 0 Å². The summed E-state index contributed by atoms with van der Waals surface area (Å²) in [4.78, 5) is 15.9. The van der Waals surface area contributed by atoms with Crippen LogP contribution in [0.2, 0.25) is 0 Å². The number of carbonyl (C=O) groups is 1. The van der Waals surface area contributed by atoms with E-state index in [-0.39, 0.29) is 29.7 Å². The second kappa shape index (κ2) is 7.15. The molecule has 1 aromatic carbocycles. The van der Waals surface area contributed by atoms with Crippen molar-refractivity contribution in [2.24, 2.45) is 7.05 Å². The highest BCUT2D eigenvalue weighted by atomic mass is 19.4. The third-order valence-corrected chi connectivity index (χ3v) is 3.89. The van der Waals surface area contributed by atoms with Crippen molar-refractivity contribution in [3.8, 4) is 23.3 Å². The second-order valence-electron chi connectivity index (χ2n) is 5.81. The van der Waals surface area contributed by atoms with Gasteiger partial charge in [0, 0.05) is 14.1 Å². The van der Waals surface area contributed by atoms with Crippen molar-refractivity contribution in [3.05, 3.63) is 47.4 Å². The monoisotopic (exact) mass is 389 g/mol. The van der Waals surface area contributed by atoms with Crippen molar-refractivity contribution >= 4 is 5.91 Å². The Morgan fingerprint density at radius 3 is 2.46 bits per heavy atom. The molecule has 8 nitrogen and oxygen atoms in total. The molecule has 1 amide bonds. The molecule has 3 rings (SSSR count). The molecule has 0 radical (unpaired) electrons. The average Bonchev–Trinajstić information content (AvgIpc) is 3.24. The maximum Gasteiger partial charge on any atom is 0.435 e. The zero-order valence-electron chi connectivity index (χ0n) is 14.8. The molecular formula is C17H14F3N7O. The van der Waals surface area contributed by atoms with Crippen molar-refractivity contribution in [3.63, 3.8) is 0 Å². The topological polar surface area (TPSA) is 101 Å². The third kappa shape index (κ3) is 3.71. The molecule has 1 N–H and O–H groups in total. The SMILES string of the molecule is CNC(=O)Cc1nc(-c2cc(C(F)(F)F)nn2C)n(-c2ccc(C#N)cc2)n1. The summed E-state index contributed by atoms with van der Waals surface area (Å²) >= 11 is 0. The molecule has 11 heteroatoms. The van der Waals surface area contributed by atoms with Gasteiger partial charge in [0.25, 0.3) is 0 Å². The molecule has 2 aromatic heterocycles. The van der Waals surface area contributed by atoms with Gasteiger partial charge in [0.2, 0.25) is 5.91 Å². The van der Waals surface area contributed by atoms with Crippen molar-refractivity contribution < 1.29 is 18.0 Å². The van der Waals surface area contributed by atoms with E-state index in [1.807, 2.05) is 6.07 Å². The largest absolute Gasteiger partial charge is 0.435 e. The van der Waals surface area contributed by atoms with Crippen LogP contribution in [-0.2, 0) is 24.4 Å². The quantitative estimate of drug-likeness (QED) is 0.734. The van der Waals surface area contributed by atoms with Crippen LogP contribution in [0, 0.1) is 11.3 Å². The minimum atomic E-state index is -4.61. The van der Waals surface area contributed by atoms with Crippen LogP contribution in [0.1, 0.15) is 17.1 Å². The Morgan fingerprint density at radius 2 is 1.93 bits per heavy atom. The molecule has 0 bridgehead atoms. The fourth-order valence-corrected chi connectivity index (χ4v) is 2.50. The average molecular weight is 389 g/mol. The van der Waals surface area contributed by atoms with Gasteiger partial charge in [-0.2, -0.15) is 28.6 Å². The minimum absolute atomic E-state index is 0.0762. The summed E-state index contributed by atoms with van der Waals surface area (Å²) < 4.78 is 41.4. The highest BCUT2D eigenvalue weighted by Crippen LogP contribution is 2.31. The summed E-state index contributed by atoms with van der Waals surface area (Å²) in [5.74, 6) is -0.118. The molecule has 0 fully saturated rings. The van der Waals surface area contributed by atoms with E-state index in [0.717, 1.165) is 10.7 Å². The number of aryl methyl sites for hydroxylation is 1. The van der Waals surface area contributed by atoms with Crippen LogP contribution >= 0.6 is 0 Å². The van der Waals surface area contributed by atoms with E-state index in [9.17, 15) is 18.0 Å². The van der Waals surface area contributed by atoms with Gasteiger partial charge in [0.15, 0.2) is 17.3 Å². The number of amides is 1. The smallest absolute Gasteiger partial charge is 0.359 e. The number of likely N-dealkylation sites (N-methyl/N-ethyl adjacent to an activating group) is 1. The first-order chi connectivity index (χ1) is 13.2. The molecule has 0 aliphatic heterocycles. The van der Waals surface area contributed by atoms with E-state index in [1.54, 1.807) is 24.3 Å². The third-order valence-electron chi connectivity index (χ3n) is 3.89. The van der Waals surface area contributed by atoms with Crippen LogP contribution in [-0.4, -0.2) is 37.5 Å². The van der Waals surface area contributed by atoms with Crippen molar-refractivity contribution in [2.45, 2.75) is 12.6 Å². The van der Waals surface area contributed by atoms with Crippen LogP contribution in [0.25, 0.3) is 17.2 Å². The lowest BCUT2D eigenvalue weighted by Gasteiger charge is -2.06. The molecule has 28 heavy (non-hydrogen) atoms. The number of carbonyl (C=O) groups excluding carboxylic acids is 1. The molecule has 0 spiro atoms. The molecule has 0 saturated heterocycles. The molecular weight excluding hydrogens is 375 g/mol. The van der Waals surface area contributed by atoms with Gasteiger partial charge >= 0.3 is 6.18 Å². The maximum atomic E-state index is 13.0. The molecule has 0 unspecified atom stereocenters. The van der Waals surface area contributed by atoms with E-state index in [1.165, 1.54) is 18.8 Å². The second-order valence-corrected chi connectivity index (χ2v) is 5.81. The van der Waals surface area contributed by atoms with Gasteiger partial charge in [-0.15, -0.1) is 0 Å². The van der Waals surface area contributed by atoms with Gasteiger partial charge in [-0.1, -0.05) is 0 Å². The number of nitriles is 1. The van der Waals surface area contributed by atoms with Crippen molar-refractivity contribution in [1.29, 1.82) is 5.26 Å². The van der Waals surface area contributed by atoms with E-state index in [4.69, 9.17) is 5.26 Å². The Bertz CT molecular complexity index is 1060. The molecule has 0 aliphatic rings. The lowest BCUT2D eigenvalue weighted by molar-refractivity contribution is -0.141. The Hall–Kier alpha value is -3.68. The molecule has 144 valence electrons. The normalized spacial score (nSPS) is 11.3. The highest BCUT2D eigenvalue weighted by molar-refractivity contribution is 5.77. The fourth-order valence-electron chi connectivity index (χ4n) is 2.50. The maximum absolute atomic E-state index is 13.0. The van der Waals surface area contributed by atoms with Gasteiger partial charge < -0.3 is 5.32 Å². The highest BCUT2D eigenvalue weighted by Gasteiger charge is 2.35. The van der Waals surface area contributed by atoms with Crippen LogP contribution in [0.5, 0.6) is 0 Å². The lowest BCUT2D eigenvalue weighted by atomic mass is 10.2. The molecule has 2 heterocycles. The van der Waals surface area contributed by atoms with E-state index in [2.05, 4.69) is 20.5 Å². The lowest BCUT2D eigenvalue weighted by Crippen LogP contribution is -2.20. The van der Waals surface area contributed by atoms with Crippen LogP contribution < -0.4 is 5.32 Å². The number of hydrogen-bond donors (Lipinski definition) is 1. The van der Waals surface area contributed by atoms with Gasteiger partial charge in [-0.3, -0.25) is 9.48 Å². The Balaban J connectivity index is 2.14. The predicted molar refractivity (Wildman–Crippen MR) is 91.0 cm³/mol. The predicted octanol–water partition coefficient (Wildman–Crippen LogP) is 1.85. The molecule has 3 aromatic rings. The molecule has 0 aliphatic carbocycles. The summed E-state index contributed by atoms with van der Waals surface area (Å²) in [6.45, 7) is 0. The van der Waals surface area contributed by atoms with Gasteiger partial charge in [0.05, 0.1) is 23.7 Å². The molecule has 0 atom stereocenters. The zero-order chi connectivity index (χ0) is 20.5. The Kier molecular flexibility index (Phi) is 4.87. The minimum Gasteiger partial charge on any atom is -0.359 e. The first-order valence-corrected chi connectivity index (χ1v) is 8.01. The first-order valence-electron chi connectivity index (χ1n) is 8.01. The number of rotatable bonds is 4. The number of nitrogens with one attached hydrogen (secondary N) is 1. The number of halogens is 3. The van der Waals surface area contributed by atoms with Gasteiger partial charge in [-0.25, -0.2) is 9.67 Å². The van der Waals surface area contributed by atoms with E-state index in [0.29, 0.717) is 11.3 Å². The molecule has 0 saturated carbocycles. The Labute approximate surface area is 157 Å². The fraction of sp³-hybridized carbons (Fsp3) is 0.235. The standard InChI is InChI=1S/C17H14F3N7O/c1-22-15(28)8-14-23-16(12-7-13(17(18,19)20)24-26(12)2)27(25-14)11-5-3-10(9-21)4-6-11/h3-7H,8H2,1-2H3,(H,22,28). The van der Waals surface area contributed by atoms with Crippen LogP contribution in [0.3, 0.4) is 0 Å².